The zero-order valence-corrected chi connectivity index (χ0v) is 26.3. The lowest BCUT2D eigenvalue weighted by Crippen LogP contribution is -1.99. The fraction of sp³-hybridized carbons (Fsp3) is 0.214. The van der Waals surface area contributed by atoms with Gasteiger partial charge in [0, 0.05) is 39.4 Å². The summed E-state index contributed by atoms with van der Waals surface area (Å²) in [7, 11) is -3.13. The molecule has 0 spiro atoms. The largest absolute Gasteiger partial charge is 0.439 e. The van der Waals surface area contributed by atoms with Gasteiger partial charge in [0.15, 0.2) is 0 Å². The van der Waals surface area contributed by atoms with E-state index in [4.69, 9.17) is 30.1 Å². The van der Waals surface area contributed by atoms with Crippen molar-refractivity contribution < 1.29 is 23.1 Å². The van der Waals surface area contributed by atoms with Gasteiger partial charge in [-0.25, -0.2) is 9.97 Å². The molecule has 0 N–H and O–H groups in total. The van der Waals surface area contributed by atoms with Gasteiger partial charge in [0.1, 0.15) is 11.5 Å². The van der Waals surface area contributed by atoms with E-state index < -0.39 is 7.60 Å². The number of benzene rings is 2. The van der Waals surface area contributed by atoms with E-state index in [1.54, 1.807) is 38.4 Å². The molecule has 0 aliphatic carbocycles. The van der Waals surface area contributed by atoms with E-state index in [0.29, 0.717) is 36.6 Å². The Morgan fingerprint density at radius 2 is 1.23 bits per heavy atom. The standard InChI is InChI=1S/C16H19BrNO4P.C12H9BrClNO/c1-3-20-23(19,21-4-2)12-13-6-5-7-15(10-13)22-16-9-8-14(17)11-18-16;13-10-4-5-12(15-8-10)16-11-3-1-2-9(6-11)7-14/h5-11H,3-4,12H2,1-2H3;1-6,8H,7H2. The summed E-state index contributed by atoms with van der Waals surface area (Å²) in [6.07, 6.45) is 3.57. The molecule has 2 aromatic heterocycles. The van der Waals surface area contributed by atoms with Crippen molar-refractivity contribution in [1.82, 2.24) is 9.97 Å². The molecule has 0 unspecified atom stereocenters. The molecule has 0 bridgehead atoms. The first-order valence-electron chi connectivity index (χ1n) is 12.0. The monoisotopic (exact) mass is 696 g/mol. The van der Waals surface area contributed by atoms with E-state index in [9.17, 15) is 4.57 Å². The summed E-state index contributed by atoms with van der Waals surface area (Å²) in [5.41, 5.74) is 1.85. The molecule has 0 amide bonds. The zero-order valence-electron chi connectivity index (χ0n) is 21.4. The van der Waals surface area contributed by atoms with Crippen molar-refractivity contribution >= 4 is 51.1 Å². The lowest BCUT2D eigenvalue weighted by Gasteiger charge is -2.17. The highest BCUT2D eigenvalue weighted by atomic mass is 79.9. The van der Waals surface area contributed by atoms with Crippen molar-refractivity contribution in [3.63, 3.8) is 0 Å². The summed E-state index contributed by atoms with van der Waals surface area (Å²) in [5, 5.41) is 0. The van der Waals surface area contributed by atoms with Crippen LogP contribution in [-0.2, 0) is 25.7 Å². The van der Waals surface area contributed by atoms with Crippen LogP contribution in [0, 0.1) is 0 Å². The molecule has 2 aromatic carbocycles. The predicted octanol–water partition coefficient (Wildman–Crippen LogP) is 9.78. The van der Waals surface area contributed by atoms with E-state index >= 15 is 0 Å². The number of ether oxygens (including phenoxy) is 2. The second-order valence-corrected chi connectivity index (χ2v) is 12.0. The molecule has 2 heterocycles. The minimum atomic E-state index is -3.13. The molecule has 0 atom stereocenters. The summed E-state index contributed by atoms with van der Waals surface area (Å²) in [6.45, 7) is 4.28. The quantitative estimate of drug-likeness (QED) is 0.114. The van der Waals surface area contributed by atoms with Crippen LogP contribution >= 0.6 is 51.1 Å². The third kappa shape index (κ3) is 11.0. The molecular formula is C28H28Br2ClN2O5P. The molecule has 0 fully saturated rings. The van der Waals surface area contributed by atoms with Gasteiger partial charge < -0.3 is 18.5 Å². The zero-order chi connectivity index (χ0) is 28.1. The molecule has 4 rings (SSSR count). The molecule has 39 heavy (non-hydrogen) atoms. The van der Waals surface area contributed by atoms with Gasteiger partial charge in [0.2, 0.25) is 11.8 Å². The van der Waals surface area contributed by atoms with Gasteiger partial charge in [-0.2, -0.15) is 0 Å². The molecule has 0 aliphatic rings. The van der Waals surface area contributed by atoms with Gasteiger partial charge in [-0.3, -0.25) is 4.57 Å². The molecular weight excluding hydrogens is 671 g/mol. The van der Waals surface area contributed by atoms with Gasteiger partial charge in [-0.05, 0) is 93.2 Å². The lowest BCUT2D eigenvalue weighted by molar-refractivity contribution is 0.219. The van der Waals surface area contributed by atoms with Crippen LogP contribution in [0.4, 0.5) is 0 Å². The third-order valence-corrected chi connectivity index (χ3v) is 8.13. The van der Waals surface area contributed by atoms with Gasteiger partial charge >= 0.3 is 7.60 Å². The highest BCUT2D eigenvalue weighted by molar-refractivity contribution is 9.10. The molecule has 7 nitrogen and oxygen atoms in total. The average molecular weight is 699 g/mol. The first-order valence-corrected chi connectivity index (χ1v) is 15.9. The number of hydrogen-bond donors (Lipinski definition) is 0. The van der Waals surface area contributed by atoms with Gasteiger partial charge in [-0.1, -0.05) is 24.3 Å². The topological polar surface area (TPSA) is 79.8 Å². The molecule has 0 aliphatic heterocycles. The Hall–Kier alpha value is -2.26. The molecule has 206 valence electrons. The molecule has 0 radical (unpaired) electrons. The van der Waals surface area contributed by atoms with Gasteiger partial charge in [0.05, 0.1) is 19.4 Å². The van der Waals surface area contributed by atoms with Crippen molar-refractivity contribution in [2.45, 2.75) is 25.9 Å². The van der Waals surface area contributed by atoms with Crippen LogP contribution in [0.3, 0.4) is 0 Å². The molecule has 4 aromatic rings. The smallest absolute Gasteiger partial charge is 0.335 e. The normalized spacial score (nSPS) is 10.9. The van der Waals surface area contributed by atoms with Crippen molar-refractivity contribution in [3.8, 4) is 23.3 Å². The van der Waals surface area contributed by atoms with E-state index in [1.165, 1.54) is 0 Å². The van der Waals surface area contributed by atoms with Crippen LogP contribution in [0.15, 0.2) is 94.1 Å². The number of hydrogen-bond acceptors (Lipinski definition) is 7. The van der Waals surface area contributed by atoms with Crippen LogP contribution in [0.25, 0.3) is 0 Å². The summed E-state index contributed by atoms with van der Waals surface area (Å²) in [5.74, 6) is 2.90. The van der Waals surface area contributed by atoms with E-state index in [1.807, 2.05) is 60.7 Å². The molecule has 11 heteroatoms. The number of nitrogens with zero attached hydrogens (tertiary/aromatic N) is 2. The molecule has 0 saturated heterocycles. The minimum Gasteiger partial charge on any atom is -0.439 e. The number of aromatic nitrogens is 2. The first kappa shape index (κ1) is 31.3. The highest BCUT2D eigenvalue weighted by Gasteiger charge is 2.24. The summed E-state index contributed by atoms with van der Waals surface area (Å²) in [4.78, 5) is 8.29. The van der Waals surface area contributed by atoms with Crippen LogP contribution in [0.2, 0.25) is 0 Å². The Morgan fingerprint density at radius 1 is 0.744 bits per heavy atom. The van der Waals surface area contributed by atoms with E-state index in [0.717, 1.165) is 25.8 Å². The number of alkyl halides is 1. The second kappa shape index (κ2) is 16.1. The fourth-order valence-corrected chi connectivity index (χ4v) is 5.55. The third-order valence-electron chi connectivity index (χ3n) is 4.82. The average Bonchev–Trinajstić information content (AvgIpc) is 2.92. The molecule has 0 saturated carbocycles. The maximum Gasteiger partial charge on any atom is 0.335 e. The number of pyridine rings is 2. The van der Waals surface area contributed by atoms with Crippen molar-refractivity contribution in [2.24, 2.45) is 0 Å². The van der Waals surface area contributed by atoms with Gasteiger partial charge in [-0.15, -0.1) is 11.6 Å². The first-order chi connectivity index (χ1) is 18.8. The van der Waals surface area contributed by atoms with Crippen molar-refractivity contribution in [3.05, 3.63) is 105 Å². The maximum absolute atomic E-state index is 12.6. The second-order valence-electron chi connectivity index (χ2n) is 7.87. The Bertz CT molecular complexity index is 1350. The van der Waals surface area contributed by atoms with E-state index in [2.05, 4.69) is 41.8 Å². The van der Waals surface area contributed by atoms with Crippen LogP contribution < -0.4 is 9.47 Å². The Morgan fingerprint density at radius 3 is 1.67 bits per heavy atom. The van der Waals surface area contributed by atoms with E-state index in [-0.39, 0.29) is 6.16 Å². The Kier molecular flexibility index (Phi) is 12.9. The summed E-state index contributed by atoms with van der Waals surface area (Å²) in [6, 6.07) is 22.3. The Labute approximate surface area is 250 Å². The maximum atomic E-state index is 12.6. The van der Waals surface area contributed by atoms with Crippen LogP contribution in [0.5, 0.6) is 23.3 Å². The predicted molar refractivity (Wildman–Crippen MR) is 161 cm³/mol. The SMILES string of the molecule is CCOP(=O)(Cc1cccc(Oc2ccc(Br)cn2)c1)OCC.ClCc1cccc(Oc2ccc(Br)cn2)c1. The minimum absolute atomic E-state index is 0.208. The lowest BCUT2D eigenvalue weighted by atomic mass is 10.2. The Balaban J connectivity index is 0.000000230. The van der Waals surface area contributed by atoms with Gasteiger partial charge in [0.25, 0.3) is 0 Å². The van der Waals surface area contributed by atoms with Crippen LogP contribution in [-0.4, -0.2) is 23.2 Å². The number of halogens is 3. The summed E-state index contributed by atoms with van der Waals surface area (Å²) >= 11 is 12.4. The highest BCUT2D eigenvalue weighted by Crippen LogP contribution is 2.51. The van der Waals surface area contributed by atoms with Crippen molar-refractivity contribution in [1.29, 1.82) is 0 Å². The van der Waals surface area contributed by atoms with Crippen molar-refractivity contribution in [2.75, 3.05) is 13.2 Å². The number of rotatable bonds is 11. The van der Waals surface area contributed by atoms with Crippen LogP contribution in [0.1, 0.15) is 25.0 Å². The fourth-order valence-electron chi connectivity index (χ4n) is 3.23. The summed E-state index contributed by atoms with van der Waals surface area (Å²) < 4.78 is 36.3.